The molecule has 2 aromatic carbocycles. The Kier molecular flexibility index (Phi) is 4.47. The molecule has 0 radical (unpaired) electrons. The molecule has 1 atom stereocenters. The SMILES string of the molecule is Cc1ccc(C(=O)N[C@@H](C)c2ccc(-n3ccnc3)cc2)c(C)c1. The van der Waals surface area contributed by atoms with Crippen LogP contribution in [0.25, 0.3) is 5.69 Å². The van der Waals surface area contributed by atoms with Gasteiger partial charge in [0.1, 0.15) is 0 Å². The number of aromatic nitrogens is 2. The van der Waals surface area contributed by atoms with Crippen molar-refractivity contribution in [1.29, 1.82) is 0 Å². The van der Waals surface area contributed by atoms with Crippen LogP contribution in [-0.2, 0) is 0 Å². The highest BCUT2D eigenvalue weighted by Gasteiger charge is 2.13. The second kappa shape index (κ2) is 6.71. The van der Waals surface area contributed by atoms with Gasteiger partial charge in [-0.2, -0.15) is 0 Å². The fourth-order valence-corrected chi connectivity index (χ4v) is 2.77. The maximum atomic E-state index is 12.5. The van der Waals surface area contributed by atoms with E-state index in [0.717, 1.165) is 27.9 Å². The van der Waals surface area contributed by atoms with E-state index < -0.39 is 0 Å². The largest absolute Gasteiger partial charge is 0.346 e. The lowest BCUT2D eigenvalue weighted by Gasteiger charge is -2.16. The molecular formula is C20H21N3O. The fraction of sp³-hybridized carbons (Fsp3) is 0.200. The van der Waals surface area contributed by atoms with Crippen LogP contribution in [0.1, 0.15) is 40.0 Å². The lowest BCUT2D eigenvalue weighted by molar-refractivity contribution is 0.0939. The molecule has 0 saturated heterocycles. The minimum Gasteiger partial charge on any atom is -0.346 e. The van der Waals surface area contributed by atoms with Crippen LogP contribution in [0.4, 0.5) is 0 Å². The summed E-state index contributed by atoms with van der Waals surface area (Å²) in [6, 6.07) is 13.9. The molecule has 24 heavy (non-hydrogen) atoms. The molecule has 1 aromatic heterocycles. The standard InChI is InChI=1S/C20H21N3O/c1-14-4-9-19(15(2)12-14)20(24)22-16(3)17-5-7-18(8-6-17)23-11-10-21-13-23/h4-13,16H,1-3H3,(H,22,24)/t16-/m0/s1. The number of aryl methyl sites for hydroxylation is 2. The average molecular weight is 319 g/mol. The molecule has 0 fully saturated rings. The van der Waals surface area contributed by atoms with Crippen molar-refractivity contribution in [3.63, 3.8) is 0 Å². The Morgan fingerprint density at radius 1 is 1.12 bits per heavy atom. The summed E-state index contributed by atoms with van der Waals surface area (Å²) in [6.45, 7) is 5.99. The zero-order chi connectivity index (χ0) is 17.1. The van der Waals surface area contributed by atoms with Crippen LogP contribution >= 0.6 is 0 Å². The Morgan fingerprint density at radius 2 is 1.88 bits per heavy atom. The van der Waals surface area contributed by atoms with Gasteiger partial charge in [0.05, 0.1) is 12.4 Å². The number of benzene rings is 2. The Balaban J connectivity index is 1.72. The molecular weight excluding hydrogens is 298 g/mol. The molecule has 122 valence electrons. The molecule has 1 amide bonds. The minimum absolute atomic E-state index is 0.0429. The van der Waals surface area contributed by atoms with Crippen LogP contribution in [0.2, 0.25) is 0 Å². The molecule has 1 N–H and O–H groups in total. The number of imidazole rings is 1. The van der Waals surface area contributed by atoms with Gasteiger partial charge in [0.25, 0.3) is 5.91 Å². The molecule has 0 bridgehead atoms. The monoisotopic (exact) mass is 319 g/mol. The zero-order valence-corrected chi connectivity index (χ0v) is 14.2. The van der Waals surface area contributed by atoms with Crippen molar-refractivity contribution in [1.82, 2.24) is 14.9 Å². The van der Waals surface area contributed by atoms with Crippen molar-refractivity contribution < 1.29 is 4.79 Å². The molecule has 4 nitrogen and oxygen atoms in total. The van der Waals surface area contributed by atoms with Gasteiger partial charge in [-0.25, -0.2) is 4.98 Å². The number of nitrogens with zero attached hydrogens (tertiary/aromatic N) is 2. The topological polar surface area (TPSA) is 46.9 Å². The van der Waals surface area contributed by atoms with Gasteiger partial charge in [0, 0.05) is 23.6 Å². The van der Waals surface area contributed by atoms with Crippen LogP contribution < -0.4 is 5.32 Å². The van der Waals surface area contributed by atoms with E-state index in [1.54, 1.807) is 12.5 Å². The van der Waals surface area contributed by atoms with Gasteiger partial charge in [0.15, 0.2) is 0 Å². The quantitative estimate of drug-likeness (QED) is 0.790. The first kappa shape index (κ1) is 16.0. The Morgan fingerprint density at radius 3 is 2.50 bits per heavy atom. The third kappa shape index (κ3) is 3.38. The fourth-order valence-electron chi connectivity index (χ4n) is 2.77. The molecule has 3 rings (SSSR count). The molecule has 3 aromatic rings. The summed E-state index contributed by atoms with van der Waals surface area (Å²) in [4.78, 5) is 16.5. The van der Waals surface area contributed by atoms with E-state index in [2.05, 4.69) is 10.3 Å². The first-order valence-electron chi connectivity index (χ1n) is 8.01. The smallest absolute Gasteiger partial charge is 0.252 e. The van der Waals surface area contributed by atoms with E-state index in [1.807, 2.05) is 74.0 Å². The van der Waals surface area contributed by atoms with Crippen molar-refractivity contribution >= 4 is 5.91 Å². The van der Waals surface area contributed by atoms with Crippen molar-refractivity contribution in [2.45, 2.75) is 26.8 Å². The predicted octanol–water partition coefficient (Wildman–Crippen LogP) is 3.98. The molecule has 4 heteroatoms. The maximum absolute atomic E-state index is 12.5. The highest BCUT2D eigenvalue weighted by Crippen LogP contribution is 2.17. The van der Waals surface area contributed by atoms with E-state index >= 15 is 0 Å². The van der Waals surface area contributed by atoms with Gasteiger partial charge in [0.2, 0.25) is 0 Å². The van der Waals surface area contributed by atoms with Gasteiger partial charge in [-0.1, -0.05) is 29.8 Å². The van der Waals surface area contributed by atoms with Crippen LogP contribution in [0.3, 0.4) is 0 Å². The van der Waals surface area contributed by atoms with Crippen LogP contribution in [-0.4, -0.2) is 15.5 Å². The summed E-state index contributed by atoms with van der Waals surface area (Å²) < 4.78 is 1.95. The summed E-state index contributed by atoms with van der Waals surface area (Å²) in [5, 5.41) is 3.07. The van der Waals surface area contributed by atoms with Gasteiger partial charge < -0.3 is 9.88 Å². The predicted molar refractivity (Wildman–Crippen MR) is 95.4 cm³/mol. The van der Waals surface area contributed by atoms with E-state index in [0.29, 0.717) is 0 Å². The van der Waals surface area contributed by atoms with Gasteiger partial charge in [-0.05, 0) is 50.1 Å². The molecule has 0 saturated carbocycles. The van der Waals surface area contributed by atoms with Gasteiger partial charge in [-0.15, -0.1) is 0 Å². The Labute approximate surface area is 142 Å². The van der Waals surface area contributed by atoms with Crippen LogP contribution in [0, 0.1) is 13.8 Å². The number of hydrogen-bond donors (Lipinski definition) is 1. The number of amides is 1. The normalized spacial score (nSPS) is 12.0. The highest BCUT2D eigenvalue weighted by molar-refractivity contribution is 5.95. The average Bonchev–Trinajstić information content (AvgIpc) is 3.09. The Bertz CT molecular complexity index is 836. The number of hydrogen-bond acceptors (Lipinski definition) is 2. The van der Waals surface area contributed by atoms with Gasteiger partial charge >= 0.3 is 0 Å². The van der Waals surface area contributed by atoms with Crippen LogP contribution in [0.5, 0.6) is 0 Å². The first-order valence-corrected chi connectivity index (χ1v) is 8.01. The Hall–Kier alpha value is -2.88. The lowest BCUT2D eigenvalue weighted by Crippen LogP contribution is -2.27. The van der Waals surface area contributed by atoms with Crippen molar-refractivity contribution in [2.24, 2.45) is 0 Å². The van der Waals surface area contributed by atoms with E-state index in [9.17, 15) is 4.79 Å². The molecule has 0 aliphatic heterocycles. The van der Waals surface area contributed by atoms with E-state index in [4.69, 9.17) is 0 Å². The summed E-state index contributed by atoms with van der Waals surface area (Å²) >= 11 is 0. The second-order valence-corrected chi connectivity index (χ2v) is 6.08. The third-order valence-electron chi connectivity index (χ3n) is 4.17. The first-order chi connectivity index (χ1) is 11.5. The molecule has 0 aliphatic rings. The number of nitrogens with one attached hydrogen (secondary N) is 1. The van der Waals surface area contributed by atoms with Crippen molar-refractivity contribution in [3.8, 4) is 5.69 Å². The number of carbonyl (C=O) groups is 1. The van der Waals surface area contributed by atoms with Crippen molar-refractivity contribution in [3.05, 3.63) is 83.4 Å². The summed E-state index contributed by atoms with van der Waals surface area (Å²) in [5.41, 5.74) is 4.99. The third-order valence-corrected chi connectivity index (χ3v) is 4.17. The lowest BCUT2D eigenvalue weighted by atomic mass is 10.0. The molecule has 0 unspecified atom stereocenters. The molecule has 0 spiro atoms. The summed E-state index contributed by atoms with van der Waals surface area (Å²) in [6.07, 6.45) is 5.42. The molecule has 1 heterocycles. The number of rotatable bonds is 4. The van der Waals surface area contributed by atoms with E-state index in [1.165, 1.54) is 0 Å². The summed E-state index contributed by atoms with van der Waals surface area (Å²) in [5.74, 6) is -0.0429. The minimum atomic E-state index is -0.0601. The molecule has 0 aliphatic carbocycles. The highest BCUT2D eigenvalue weighted by atomic mass is 16.1. The second-order valence-electron chi connectivity index (χ2n) is 6.08. The maximum Gasteiger partial charge on any atom is 0.252 e. The van der Waals surface area contributed by atoms with E-state index in [-0.39, 0.29) is 11.9 Å². The summed E-state index contributed by atoms with van der Waals surface area (Å²) in [7, 11) is 0. The van der Waals surface area contributed by atoms with Gasteiger partial charge in [-0.3, -0.25) is 4.79 Å². The number of carbonyl (C=O) groups excluding carboxylic acids is 1. The zero-order valence-electron chi connectivity index (χ0n) is 14.2. The van der Waals surface area contributed by atoms with Crippen LogP contribution in [0.15, 0.2) is 61.2 Å². The van der Waals surface area contributed by atoms with Crippen molar-refractivity contribution in [2.75, 3.05) is 0 Å².